The van der Waals surface area contributed by atoms with Gasteiger partial charge in [0.2, 0.25) is 0 Å². The monoisotopic (exact) mass is 119 g/mol. The van der Waals surface area contributed by atoms with E-state index in [-0.39, 0.29) is 6.61 Å². The van der Waals surface area contributed by atoms with E-state index in [1.807, 2.05) is 0 Å². The van der Waals surface area contributed by atoms with Crippen LogP contribution in [-0.2, 0) is 4.84 Å². The Kier molecular flexibility index (Phi) is 6.78. The van der Waals surface area contributed by atoms with Crippen LogP contribution in [-0.4, -0.2) is 25.4 Å². The molecule has 0 bridgehead atoms. The van der Waals surface area contributed by atoms with Gasteiger partial charge in [-0.25, -0.2) is 5.48 Å². The van der Waals surface area contributed by atoms with E-state index in [1.165, 1.54) is 0 Å². The lowest BCUT2D eigenvalue weighted by molar-refractivity contribution is 0.0529. The predicted octanol–water partition coefficient (Wildman–Crippen LogP) is -0.0901. The van der Waals surface area contributed by atoms with Crippen molar-refractivity contribution in [2.45, 2.75) is 12.8 Å². The number of hydrogen-bond acceptors (Lipinski definition) is 3. The third-order valence-corrected chi connectivity index (χ3v) is 0.799. The molecule has 50 valence electrons. The summed E-state index contributed by atoms with van der Waals surface area (Å²) in [7, 11) is 1.72. The molecule has 0 rings (SSSR count). The molecule has 0 saturated heterocycles. The molecular weight excluding hydrogens is 106 g/mol. The summed E-state index contributed by atoms with van der Waals surface area (Å²) >= 11 is 0. The van der Waals surface area contributed by atoms with Crippen molar-refractivity contribution < 1.29 is 9.94 Å². The third kappa shape index (κ3) is 5.88. The Morgan fingerprint density at radius 1 is 1.50 bits per heavy atom. The van der Waals surface area contributed by atoms with E-state index in [2.05, 4.69) is 5.48 Å². The molecule has 0 heterocycles. The molecule has 0 spiro atoms. The fourth-order valence-corrected chi connectivity index (χ4v) is 0.388. The van der Waals surface area contributed by atoms with Crippen LogP contribution in [0.25, 0.3) is 0 Å². The summed E-state index contributed by atoms with van der Waals surface area (Å²) in [4.78, 5) is 4.77. The molecule has 0 fully saturated rings. The van der Waals surface area contributed by atoms with Gasteiger partial charge in [0.15, 0.2) is 0 Å². The zero-order valence-corrected chi connectivity index (χ0v) is 5.18. The Balaban J connectivity index is 2.53. The van der Waals surface area contributed by atoms with Gasteiger partial charge in [0, 0.05) is 13.7 Å². The van der Waals surface area contributed by atoms with Crippen molar-refractivity contribution in [2.75, 3.05) is 20.3 Å². The van der Waals surface area contributed by atoms with E-state index in [4.69, 9.17) is 9.94 Å². The average molecular weight is 119 g/mol. The predicted molar refractivity (Wildman–Crippen MR) is 31.3 cm³/mol. The largest absolute Gasteiger partial charge is 0.396 e. The lowest BCUT2D eigenvalue weighted by Crippen LogP contribution is -2.08. The highest BCUT2D eigenvalue weighted by Gasteiger charge is 1.83. The van der Waals surface area contributed by atoms with E-state index in [9.17, 15) is 0 Å². The molecule has 3 heteroatoms. The third-order valence-electron chi connectivity index (χ3n) is 0.799. The smallest absolute Gasteiger partial charge is 0.0682 e. The molecule has 0 aromatic rings. The zero-order chi connectivity index (χ0) is 6.24. The molecule has 0 radical (unpaired) electrons. The summed E-state index contributed by atoms with van der Waals surface area (Å²) in [6.07, 6.45) is 1.74. The van der Waals surface area contributed by atoms with Gasteiger partial charge in [0.1, 0.15) is 0 Å². The van der Waals surface area contributed by atoms with Crippen LogP contribution in [0.15, 0.2) is 0 Å². The Morgan fingerprint density at radius 2 is 2.25 bits per heavy atom. The van der Waals surface area contributed by atoms with Crippen molar-refractivity contribution in [2.24, 2.45) is 0 Å². The lowest BCUT2D eigenvalue weighted by Gasteiger charge is -1.97. The topological polar surface area (TPSA) is 41.5 Å². The first kappa shape index (κ1) is 7.88. The van der Waals surface area contributed by atoms with Gasteiger partial charge in [0.25, 0.3) is 0 Å². The number of aliphatic hydroxyl groups is 1. The second-order valence-electron chi connectivity index (χ2n) is 1.48. The fraction of sp³-hybridized carbons (Fsp3) is 1.00. The maximum atomic E-state index is 8.29. The first-order valence-corrected chi connectivity index (χ1v) is 2.81. The van der Waals surface area contributed by atoms with Crippen molar-refractivity contribution in [3.05, 3.63) is 0 Å². The van der Waals surface area contributed by atoms with E-state index < -0.39 is 0 Å². The van der Waals surface area contributed by atoms with Gasteiger partial charge in [-0.3, -0.25) is 0 Å². The molecule has 0 amide bonds. The highest BCUT2D eigenvalue weighted by atomic mass is 16.6. The Bertz CT molecular complexity index is 35.4. The van der Waals surface area contributed by atoms with Gasteiger partial charge < -0.3 is 9.94 Å². The van der Waals surface area contributed by atoms with E-state index >= 15 is 0 Å². The summed E-state index contributed by atoms with van der Waals surface area (Å²) in [5.41, 5.74) is 2.54. The molecule has 0 aromatic heterocycles. The first-order valence-electron chi connectivity index (χ1n) is 2.81. The summed E-state index contributed by atoms with van der Waals surface area (Å²) < 4.78 is 0. The number of hydroxylamine groups is 1. The van der Waals surface area contributed by atoms with E-state index in [0.717, 1.165) is 12.8 Å². The first-order chi connectivity index (χ1) is 3.91. The molecule has 0 aromatic carbocycles. The summed E-state index contributed by atoms with van der Waals surface area (Å²) in [5, 5.41) is 8.29. The average Bonchev–Trinajstić information content (AvgIpc) is 1.81. The second-order valence-corrected chi connectivity index (χ2v) is 1.48. The minimum atomic E-state index is 0.257. The van der Waals surface area contributed by atoms with E-state index in [0.29, 0.717) is 6.61 Å². The quantitative estimate of drug-likeness (QED) is 0.392. The van der Waals surface area contributed by atoms with Crippen LogP contribution in [0, 0.1) is 0 Å². The minimum absolute atomic E-state index is 0.257. The van der Waals surface area contributed by atoms with Gasteiger partial charge in [-0.05, 0) is 12.8 Å². The summed E-state index contributed by atoms with van der Waals surface area (Å²) in [5.74, 6) is 0. The van der Waals surface area contributed by atoms with Crippen LogP contribution in [0.1, 0.15) is 12.8 Å². The molecule has 3 nitrogen and oxygen atoms in total. The van der Waals surface area contributed by atoms with Crippen molar-refractivity contribution in [3.8, 4) is 0 Å². The highest BCUT2D eigenvalue weighted by Crippen LogP contribution is 1.84. The number of nitrogens with one attached hydrogen (secondary N) is 1. The Labute approximate surface area is 49.6 Å². The SMILES string of the molecule is CNOCCCCO. The molecule has 0 aliphatic rings. The maximum absolute atomic E-state index is 8.29. The van der Waals surface area contributed by atoms with Gasteiger partial charge in [-0.1, -0.05) is 0 Å². The number of unbranched alkanes of at least 4 members (excludes halogenated alkanes) is 1. The fourth-order valence-electron chi connectivity index (χ4n) is 0.388. The molecule has 8 heavy (non-hydrogen) atoms. The van der Waals surface area contributed by atoms with Crippen LogP contribution in [0.2, 0.25) is 0 Å². The van der Waals surface area contributed by atoms with Crippen molar-refractivity contribution in [3.63, 3.8) is 0 Å². The number of hydrogen-bond donors (Lipinski definition) is 2. The lowest BCUT2D eigenvalue weighted by atomic mass is 10.3. The van der Waals surface area contributed by atoms with Crippen molar-refractivity contribution >= 4 is 0 Å². The van der Waals surface area contributed by atoms with Crippen LogP contribution < -0.4 is 5.48 Å². The molecule has 0 saturated carbocycles. The van der Waals surface area contributed by atoms with Gasteiger partial charge >= 0.3 is 0 Å². The number of aliphatic hydroxyl groups excluding tert-OH is 1. The van der Waals surface area contributed by atoms with Crippen molar-refractivity contribution in [1.29, 1.82) is 0 Å². The molecule has 2 N–H and O–H groups in total. The normalized spacial score (nSPS) is 9.75. The van der Waals surface area contributed by atoms with Crippen LogP contribution in [0.3, 0.4) is 0 Å². The molecule has 0 aliphatic heterocycles. The summed E-state index contributed by atoms with van der Waals surface area (Å²) in [6.45, 7) is 0.935. The van der Waals surface area contributed by atoms with Gasteiger partial charge in [0.05, 0.1) is 6.61 Å². The Morgan fingerprint density at radius 3 is 2.75 bits per heavy atom. The zero-order valence-electron chi connectivity index (χ0n) is 5.18. The van der Waals surface area contributed by atoms with Gasteiger partial charge in [-0.2, -0.15) is 0 Å². The minimum Gasteiger partial charge on any atom is -0.396 e. The standard InChI is InChI=1S/C5H13NO2/c1-6-8-5-3-2-4-7/h6-7H,2-5H2,1H3. The second kappa shape index (κ2) is 6.88. The van der Waals surface area contributed by atoms with Gasteiger partial charge in [-0.15, -0.1) is 0 Å². The molecule has 0 unspecified atom stereocenters. The van der Waals surface area contributed by atoms with Crippen molar-refractivity contribution in [1.82, 2.24) is 5.48 Å². The van der Waals surface area contributed by atoms with E-state index in [1.54, 1.807) is 7.05 Å². The Hall–Kier alpha value is -0.120. The molecule has 0 aliphatic carbocycles. The van der Waals surface area contributed by atoms with Crippen LogP contribution in [0.4, 0.5) is 0 Å². The molecular formula is C5H13NO2. The van der Waals surface area contributed by atoms with Crippen LogP contribution in [0.5, 0.6) is 0 Å². The molecule has 0 atom stereocenters. The van der Waals surface area contributed by atoms with Crippen LogP contribution >= 0.6 is 0 Å². The number of rotatable bonds is 5. The maximum Gasteiger partial charge on any atom is 0.0682 e. The highest BCUT2D eigenvalue weighted by molar-refractivity contribution is 4.32. The summed E-state index contributed by atoms with van der Waals surface area (Å²) in [6, 6.07) is 0.